The largest absolute Gasteiger partial charge is 0.480 e. The summed E-state index contributed by atoms with van der Waals surface area (Å²) >= 11 is 0. The fourth-order valence-electron chi connectivity index (χ4n) is 2.73. The number of nitrogens with one attached hydrogen (secondary N) is 1. The van der Waals surface area contributed by atoms with Gasteiger partial charge in [0.05, 0.1) is 0 Å². The number of ether oxygens (including phenoxy) is 1. The van der Waals surface area contributed by atoms with Gasteiger partial charge in [0.1, 0.15) is 28.1 Å². The molecule has 1 aliphatic heterocycles. The van der Waals surface area contributed by atoms with E-state index in [4.69, 9.17) is 10.00 Å². The summed E-state index contributed by atoms with van der Waals surface area (Å²) in [7, 11) is -4.41. The highest BCUT2D eigenvalue weighted by atomic mass is 32.2. The van der Waals surface area contributed by atoms with Crippen LogP contribution in [0.3, 0.4) is 0 Å². The fourth-order valence-corrected chi connectivity index (χ4v) is 3.89. The molecule has 0 bridgehead atoms. The molecule has 0 radical (unpaired) electrons. The first kappa shape index (κ1) is 16.9. The normalized spacial score (nSPS) is 18.8. The summed E-state index contributed by atoms with van der Waals surface area (Å²) in [6, 6.07) is 11.7. The molecule has 6 nitrogen and oxygen atoms in total. The van der Waals surface area contributed by atoms with Gasteiger partial charge in [-0.05, 0) is 18.2 Å². The van der Waals surface area contributed by atoms with Crippen molar-refractivity contribution in [1.82, 2.24) is 4.72 Å². The van der Waals surface area contributed by atoms with Crippen molar-refractivity contribution < 1.29 is 22.3 Å². The minimum absolute atomic E-state index is 0.352. The maximum Gasteiger partial charge on any atom is 0.275 e. The standard InChI is InChI=1S/C17H13FN2O4S/c1-10-11-5-2-3-7-14(11)24-16(10)17(21)20-25(22,23)15-8-4-6-13(18)12(15)9-19/h2-8,10,16H,1H3,(H,20,21)/t10-,16+/m0/s1. The number of hydrogen-bond acceptors (Lipinski definition) is 5. The first-order valence-corrected chi connectivity index (χ1v) is 8.84. The zero-order valence-electron chi connectivity index (χ0n) is 13.1. The first-order chi connectivity index (χ1) is 11.8. The summed E-state index contributed by atoms with van der Waals surface area (Å²) in [5.41, 5.74) is 0.148. The Bertz CT molecular complexity index is 998. The predicted octanol–water partition coefficient (Wildman–Crippen LogP) is 2.07. The summed E-state index contributed by atoms with van der Waals surface area (Å²) in [5, 5.41) is 8.98. The van der Waals surface area contributed by atoms with Crippen LogP contribution < -0.4 is 9.46 Å². The van der Waals surface area contributed by atoms with Crippen molar-refractivity contribution in [3.05, 3.63) is 59.4 Å². The number of halogens is 1. The third-order valence-electron chi connectivity index (χ3n) is 3.99. The van der Waals surface area contributed by atoms with Crippen molar-refractivity contribution in [3.8, 4) is 11.8 Å². The Hall–Kier alpha value is -2.92. The number of nitrogens with zero attached hydrogens (tertiary/aromatic N) is 1. The highest BCUT2D eigenvalue weighted by Crippen LogP contribution is 2.37. The minimum Gasteiger partial charge on any atom is -0.480 e. The zero-order chi connectivity index (χ0) is 18.2. The molecule has 25 heavy (non-hydrogen) atoms. The number of sulfonamides is 1. The molecule has 3 rings (SSSR count). The van der Waals surface area contributed by atoms with Crippen molar-refractivity contribution in [2.45, 2.75) is 23.8 Å². The number of amides is 1. The Morgan fingerprint density at radius 1 is 1.24 bits per heavy atom. The molecule has 2 atom stereocenters. The highest BCUT2D eigenvalue weighted by Gasteiger charge is 2.38. The molecule has 0 aliphatic carbocycles. The van der Waals surface area contributed by atoms with Crippen LogP contribution in [0.1, 0.15) is 24.0 Å². The number of rotatable bonds is 3. The molecule has 0 unspecified atom stereocenters. The van der Waals surface area contributed by atoms with Gasteiger partial charge in [0, 0.05) is 11.5 Å². The number of benzene rings is 2. The average molecular weight is 360 g/mol. The van der Waals surface area contributed by atoms with E-state index in [9.17, 15) is 17.6 Å². The van der Waals surface area contributed by atoms with Crippen molar-refractivity contribution in [1.29, 1.82) is 5.26 Å². The first-order valence-electron chi connectivity index (χ1n) is 7.36. The van der Waals surface area contributed by atoms with Gasteiger partial charge in [-0.1, -0.05) is 31.2 Å². The minimum atomic E-state index is -4.41. The van der Waals surface area contributed by atoms with E-state index in [1.54, 1.807) is 31.2 Å². The molecular weight excluding hydrogens is 347 g/mol. The van der Waals surface area contributed by atoms with E-state index >= 15 is 0 Å². The average Bonchev–Trinajstić information content (AvgIpc) is 2.92. The summed E-state index contributed by atoms with van der Waals surface area (Å²) in [6.45, 7) is 1.74. The van der Waals surface area contributed by atoms with E-state index in [0.717, 1.165) is 23.8 Å². The molecule has 8 heteroatoms. The third kappa shape index (κ3) is 2.94. The van der Waals surface area contributed by atoms with Crippen LogP contribution in [0.25, 0.3) is 0 Å². The molecule has 1 N–H and O–H groups in total. The van der Waals surface area contributed by atoms with Crippen molar-refractivity contribution >= 4 is 15.9 Å². The highest BCUT2D eigenvalue weighted by molar-refractivity contribution is 7.90. The van der Waals surface area contributed by atoms with Gasteiger partial charge in [-0.3, -0.25) is 4.79 Å². The van der Waals surface area contributed by atoms with Crippen LogP contribution in [0, 0.1) is 17.1 Å². The van der Waals surface area contributed by atoms with Crippen LogP contribution in [-0.2, 0) is 14.8 Å². The van der Waals surface area contributed by atoms with Gasteiger partial charge < -0.3 is 4.74 Å². The van der Waals surface area contributed by atoms with Crippen LogP contribution in [0.4, 0.5) is 4.39 Å². The van der Waals surface area contributed by atoms with Crippen LogP contribution in [0.5, 0.6) is 5.75 Å². The van der Waals surface area contributed by atoms with Crippen molar-refractivity contribution in [2.75, 3.05) is 0 Å². The lowest BCUT2D eigenvalue weighted by atomic mass is 9.97. The predicted molar refractivity (Wildman–Crippen MR) is 85.7 cm³/mol. The molecule has 0 spiro atoms. The van der Waals surface area contributed by atoms with Gasteiger partial charge in [0.25, 0.3) is 15.9 Å². The van der Waals surface area contributed by atoms with E-state index in [1.807, 2.05) is 4.72 Å². The van der Waals surface area contributed by atoms with E-state index in [1.165, 1.54) is 6.07 Å². The fraction of sp³-hybridized carbons (Fsp3) is 0.176. The molecule has 128 valence electrons. The molecule has 0 saturated heterocycles. The van der Waals surface area contributed by atoms with Crippen molar-refractivity contribution in [3.63, 3.8) is 0 Å². The van der Waals surface area contributed by atoms with Crippen LogP contribution in [0.15, 0.2) is 47.4 Å². The molecule has 0 aromatic heterocycles. The molecule has 0 fully saturated rings. The summed E-state index contributed by atoms with van der Waals surface area (Å²) in [5.74, 6) is -1.70. The Labute approximate surface area is 143 Å². The lowest BCUT2D eigenvalue weighted by molar-refractivity contribution is -0.126. The van der Waals surface area contributed by atoms with Gasteiger partial charge >= 0.3 is 0 Å². The number of hydrogen-bond donors (Lipinski definition) is 1. The quantitative estimate of drug-likeness (QED) is 0.904. The van der Waals surface area contributed by atoms with Gasteiger partial charge in [0.2, 0.25) is 0 Å². The Balaban J connectivity index is 1.87. The monoisotopic (exact) mass is 360 g/mol. The molecule has 2 aromatic rings. The molecule has 0 saturated carbocycles. The van der Waals surface area contributed by atoms with E-state index < -0.39 is 38.3 Å². The molecular formula is C17H13FN2O4S. The number of para-hydroxylation sites is 1. The number of carbonyl (C=O) groups is 1. The second-order valence-corrected chi connectivity index (χ2v) is 7.21. The van der Waals surface area contributed by atoms with Crippen LogP contribution in [-0.4, -0.2) is 20.4 Å². The summed E-state index contributed by atoms with van der Waals surface area (Å²) in [4.78, 5) is 11.8. The molecule has 1 heterocycles. The maximum atomic E-state index is 13.6. The number of fused-ring (bicyclic) bond motifs is 1. The van der Waals surface area contributed by atoms with Gasteiger partial charge in [-0.2, -0.15) is 5.26 Å². The Kier molecular flexibility index (Phi) is 4.18. The van der Waals surface area contributed by atoms with Gasteiger partial charge in [-0.25, -0.2) is 17.5 Å². The topological polar surface area (TPSA) is 96.3 Å². The maximum absolute atomic E-state index is 13.6. The van der Waals surface area contributed by atoms with E-state index in [0.29, 0.717) is 5.75 Å². The summed E-state index contributed by atoms with van der Waals surface area (Å²) in [6.07, 6.45) is -1.04. The van der Waals surface area contributed by atoms with Gasteiger partial charge in [0.15, 0.2) is 6.10 Å². The smallest absolute Gasteiger partial charge is 0.275 e. The van der Waals surface area contributed by atoms with Crippen molar-refractivity contribution in [2.24, 2.45) is 0 Å². The lowest BCUT2D eigenvalue weighted by Crippen LogP contribution is -2.42. The molecule has 1 amide bonds. The molecule has 2 aromatic carbocycles. The Morgan fingerprint density at radius 2 is 1.96 bits per heavy atom. The molecule has 1 aliphatic rings. The van der Waals surface area contributed by atoms with E-state index in [-0.39, 0.29) is 5.92 Å². The number of carbonyl (C=O) groups excluding carboxylic acids is 1. The Morgan fingerprint density at radius 3 is 2.64 bits per heavy atom. The zero-order valence-corrected chi connectivity index (χ0v) is 13.9. The summed E-state index contributed by atoms with van der Waals surface area (Å²) < 4.78 is 45.8. The lowest BCUT2D eigenvalue weighted by Gasteiger charge is -2.16. The van der Waals surface area contributed by atoms with E-state index in [2.05, 4.69) is 0 Å². The SMILES string of the molecule is C[C@H]1c2ccccc2O[C@H]1C(=O)NS(=O)(=O)c1cccc(F)c1C#N. The van der Waals surface area contributed by atoms with Crippen LogP contribution >= 0.6 is 0 Å². The second-order valence-electron chi connectivity index (χ2n) is 5.56. The third-order valence-corrected chi connectivity index (χ3v) is 5.38. The second kappa shape index (κ2) is 6.18. The van der Waals surface area contributed by atoms with Gasteiger partial charge in [-0.15, -0.1) is 0 Å². The van der Waals surface area contributed by atoms with Crippen LogP contribution in [0.2, 0.25) is 0 Å². The number of nitriles is 1.